The number of carbonyl (C=O) groups is 2. The van der Waals surface area contributed by atoms with Gasteiger partial charge in [-0.2, -0.15) is 0 Å². The van der Waals surface area contributed by atoms with Gasteiger partial charge in [0.15, 0.2) is 0 Å². The number of nitrogens with zero attached hydrogens (tertiary/aromatic N) is 2. The first-order chi connectivity index (χ1) is 10.2. The van der Waals surface area contributed by atoms with Crippen LogP contribution in [0.15, 0.2) is 0 Å². The van der Waals surface area contributed by atoms with Crippen molar-refractivity contribution in [1.29, 1.82) is 0 Å². The lowest BCUT2D eigenvalue weighted by atomic mass is 10.2. The first-order valence-corrected chi connectivity index (χ1v) is 7.80. The molecule has 0 aromatic heterocycles. The van der Waals surface area contributed by atoms with E-state index in [9.17, 15) is 9.59 Å². The van der Waals surface area contributed by atoms with Crippen LogP contribution in [0.4, 0.5) is 0 Å². The quantitative estimate of drug-likeness (QED) is 0.656. The summed E-state index contributed by atoms with van der Waals surface area (Å²) in [7, 11) is 0. The zero-order chi connectivity index (χ0) is 15.1. The van der Waals surface area contributed by atoms with E-state index in [0.717, 1.165) is 32.6 Å². The van der Waals surface area contributed by atoms with E-state index in [-0.39, 0.29) is 17.9 Å². The third-order valence-corrected chi connectivity index (χ3v) is 3.90. The van der Waals surface area contributed by atoms with Crippen molar-refractivity contribution in [1.82, 2.24) is 20.4 Å². The third kappa shape index (κ3) is 4.66. The lowest BCUT2D eigenvalue weighted by molar-refractivity contribution is -0.140. The van der Waals surface area contributed by atoms with Crippen molar-refractivity contribution in [2.75, 3.05) is 59.0 Å². The normalized spacial score (nSPS) is 23.9. The molecule has 0 spiro atoms. The van der Waals surface area contributed by atoms with Crippen molar-refractivity contribution >= 4 is 11.8 Å². The molecule has 2 aliphatic rings. The Hall–Kier alpha value is -1.18. The average molecular weight is 298 g/mol. The summed E-state index contributed by atoms with van der Waals surface area (Å²) in [5, 5.41) is 6.12. The smallest absolute Gasteiger partial charge is 0.239 e. The van der Waals surface area contributed by atoms with E-state index < -0.39 is 0 Å². The number of amides is 2. The summed E-state index contributed by atoms with van der Waals surface area (Å²) in [6.07, 6.45) is 0.902. The van der Waals surface area contributed by atoms with Crippen LogP contribution < -0.4 is 10.6 Å². The van der Waals surface area contributed by atoms with Crippen molar-refractivity contribution in [3.05, 3.63) is 0 Å². The molecule has 2 amide bonds. The van der Waals surface area contributed by atoms with E-state index in [4.69, 9.17) is 4.74 Å². The van der Waals surface area contributed by atoms with Crippen molar-refractivity contribution in [3.8, 4) is 0 Å². The van der Waals surface area contributed by atoms with Gasteiger partial charge in [0.25, 0.3) is 0 Å². The summed E-state index contributed by atoms with van der Waals surface area (Å²) in [5.41, 5.74) is 0. The zero-order valence-corrected chi connectivity index (χ0v) is 12.8. The van der Waals surface area contributed by atoms with E-state index in [2.05, 4.69) is 10.6 Å². The maximum absolute atomic E-state index is 12.3. The molecule has 7 nitrogen and oxygen atoms in total. The minimum Gasteiger partial charge on any atom is -0.378 e. The molecule has 120 valence electrons. The summed E-state index contributed by atoms with van der Waals surface area (Å²) in [4.78, 5) is 28.3. The number of hydrogen-bond acceptors (Lipinski definition) is 5. The third-order valence-electron chi connectivity index (χ3n) is 3.90. The van der Waals surface area contributed by atoms with Crippen LogP contribution >= 0.6 is 0 Å². The van der Waals surface area contributed by atoms with E-state index >= 15 is 0 Å². The molecular formula is C14H26N4O3. The molecule has 1 atom stereocenters. The number of rotatable bonds is 5. The second-order valence-corrected chi connectivity index (χ2v) is 5.48. The fourth-order valence-electron chi connectivity index (χ4n) is 2.62. The predicted octanol–water partition coefficient (Wildman–Crippen LogP) is -1.35. The largest absolute Gasteiger partial charge is 0.378 e. The molecule has 0 bridgehead atoms. The summed E-state index contributed by atoms with van der Waals surface area (Å²) in [6.45, 7) is 7.72. The van der Waals surface area contributed by atoms with Crippen LogP contribution in [0.5, 0.6) is 0 Å². The number of morpholine rings is 1. The highest BCUT2D eigenvalue weighted by Crippen LogP contribution is 2.08. The summed E-state index contributed by atoms with van der Waals surface area (Å²) < 4.78 is 5.40. The molecule has 7 heteroatoms. The zero-order valence-electron chi connectivity index (χ0n) is 12.8. The van der Waals surface area contributed by atoms with Crippen LogP contribution in [0, 0.1) is 0 Å². The highest BCUT2D eigenvalue weighted by atomic mass is 16.5. The Morgan fingerprint density at radius 2 is 2.05 bits per heavy atom. The Kier molecular flexibility index (Phi) is 6.41. The van der Waals surface area contributed by atoms with Crippen molar-refractivity contribution in [3.63, 3.8) is 0 Å². The second kappa shape index (κ2) is 8.31. The molecule has 0 aromatic rings. The van der Waals surface area contributed by atoms with Crippen molar-refractivity contribution in [2.45, 2.75) is 19.4 Å². The average Bonchev–Trinajstić information content (AvgIpc) is 2.54. The molecule has 0 aliphatic carbocycles. The fraction of sp³-hybridized carbons (Fsp3) is 0.857. The monoisotopic (exact) mass is 298 g/mol. The first-order valence-electron chi connectivity index (χ1n) is 7.80. The summed E-state index contributed by atoms with van der Waals surface area (Å²) in [6, 6.07) is -0.350. The molecule has 0 aromatic carbocycles. The maximum atomic E-state index is 12.3. The maximum Gasteiger partial charge on any atom is 0.239 e. The van der Waals surface area contributed by atoms with Crippen LogP contribution in [0.3, 0.4) is 0 Å². The second-order valence-electron chi connectivity index (χ2n) is 5.48. The van der Waals surface area contributed by atoms with Gasteiger partial charge in [-0.3, -0.25) is 14.5 Å². The molecule has 2 saturated heterocycles. The Morgan fingerprint density at radius 1 is 1.29 bits per heavy atom. The van der Waals surface area contributed by atoms with Gasteiger partial charge in [-0.15, -0.1) is 0 Å². The van der Waals surface area contributed by atoms with Crippen LogP contribution in [0.25, 0.3) is 0 Å². The Bertz CT molecular complexity index is 358. The van der Waals surface area contributed by atoms with Gasteiger partial charge in [-0.05, 0) is 6.42 Å². The van der Waals surface area contributed by atoms with E-state index in [1.54, 1.807) is 0 Å². The SMILES string of the molecule is CCCNC(=O)C1COCCN1CC(=O)N1CCNCC1. The molecule has 0 radical (unpaired) electrons. The minimum atomic E-state index is -0.350. The Labute approximate surface area is 126 Å². The molecule has 0 saturated carbocycles. The highest BCUT2D eigenvalue weighted by Gasteiger charge is 2.31. The van der Waals surface area contributed by atoms with Crippen LogP contribution in [0.1, 0.15) is 13.3 Å². The van der Waals surface area contributed by atoms with Gasteiger partial charge in [-0.1, -0.05) is 6.92 Å². The molecule has 2 N–H and O–H groups in total. The molecule has 2 heterocycles. The fourth-order valence-corrected chi connectivity index (χ4v) is 2.62. The van der Waals surface area contributed by atoms with Crippen LogP contribution in [-0.2, 0) is 14.3 Å². The number of ether oxygens (including phenoxy) is 1. The molecule has 2 aliphatic heterocycles. The van der Waals surface area contributed by atoms with E-state index in [0.29, 0.717) is 32.8 Å². The van der Waals surface area contributed by atoms with E-state index in [1.165, 1.54) is 0 Å². The minimum absolute atomic E-state index is 0.0374. The standard InChI is InChI=1S/C14H26N4O3/c1-2-3-16-14(20)12-11-21-9-8-18(12)10-13(19)17-6-4-15-5-7-17/h12,15H,2-11H2,1H3,(H,16,20). The van der Waals surface area contributed by atoms with Crippen molar-refractivity contribution < 1.29 is 14.3 Å². The lowest BCUT2D eigenvalue weighted by Crippen LogP contribution is -2.57. The molecule has 2 fully saturated rings. The Balaban J connectivity index is 1.88. The van der Waals surface area contributed by atoms with Gasteiger partial charge >= 0.3 is 0 Å². The number of carbonyl (C=O) groups excluding carboxylic acids is 2. The molecular weight excluding hydrogens is 272 g/mol. The van der Waals surface area contributed by atoms with Gasteiger partial charge in [-0.25, -0.2) is 0 Å². The number of piperazine rings is 1. The molecule has 1 unspecified atom stereocenters. The van der Waals surface area contributed by atoms with Gasteiger partial charge in [0.1, 0.15) is 6.04 Å². The van der Waals surface area contributed by atoms with Gasteiger partial charge in [0.05, 0.1) is 19.8 Å². The first kappa shape index (κ1) is 16.2. The Morgan fingerprint density at radius 3 is 2.76 bits per heavy atom. The van der Waals surface area contributed by atoms with E-state index in [1.807, 2.05) is 16.7 Å². The molecule has 2 rings (SSSR count). The summed E-state index contributed by atoms with van der Waals surface area (Å²) >= 11 is 0. The summed E-state index contributed by atoms with van der Waals surface area (Å²) in [5.74, 6) is 0.0661. The highest BCUT2D eigenvalue weighted by molar-refractivity contribution is 5.84. The van der Waals surface area contributed by atoms with Gasteiger partial charge < -0.3 is 20.3 Å². The van der Waals surface area contributed by atoms with Crippen molar-refractivity contribution in [2.24, 2.45) is 0 Å². The van der Waals surface area contributed by atoms with Gasteiger partial charge in [0.2, 0.25) is 11.8 Å². The topological polar surface area (TPSA) is 73.9 Å². The number of hydrogen-bond donors (Lipinski definition) is 2. The number of nitrogens with one attached hydrogen (secondary N) is 2. The molecule has 21 heavy (non-hydrogen) atoms. The van der Waals surface area contributed by atoms with Gasteiger partial charge in [0, 0.05) is 39.3 Å². The van der Waals surface area contributed by atoms with Crippen LogP contribution in [0.2, 0.25) is 0 Å². The lowest BCUT2D eigenvalue weighted by Gasteiger charge is -2.36. The van der Waals surface area contributed by atoms with Crippen LogP contribution in [-0.4, -0.2) is 86.7 Å². The predicted molar refractivity (Wildman–Crippen MR) is 78.9 cm³/mol.